The molecule has 0 unspecified atom stereocenters. The summed E-state index contributed by atoms with van der Waals surface area (Å²) in [5, 5.41) is 0. The minimum atomic E-state index is -0.598. The third-order valence-electron chi connectivity index (χ3n) is 5.88. The molecule has 37 heavy (non-hydrogen) atoms. The third kappa shape index (κ3) is 4.63. The number of ketones is 1. The van der Waals surface area contributed by atoms with Crippen molar-refractivity contribution in [3.05, 3.63) is 70.5 Å². The van der Waals surface area contributed by atoms with E-state index in [4.69, 9.17) is 33.2 Å². The number of allylic oxidation sites excluding steroid dienone is 1. The van der Waals surface area contributed by atoms with Crippen molar-refractivity contribution in [2.24, 2.45) is 0 Å². The molecule has 4 rings (SSSR count). The quantitative estimate of drug-likeness (QED) is 0.241. The number of hydrogen-bond acceptors (Lipinski definition) is 9. The Hall–Kier alpha value is -4.66. The number of hydrogen-bond donors (Lipinski definition) is 0. The maximum atomic E-state index is 13.1. The second-order valence-corrected chi connectivity index (χ2v) is 7.89. The second-order valence-electron chi connectivity index (χ2n) is 7.89. The fraction of sp³-hybridized carbons (Fsp3) is 0.214. The molecule has 3 aromatic carbocycles. The summed E-state index contributed by atoms with van der Waals surface area (Å²) in [6.45, 7) is 1.71. The molecule has 0 radical (unpaired) electrons. The topological polar surface area (TPSA) is 98.8 Å². The van der Waals surface area contributed by atoms with E-state index in [0.717, 1.165) is 0 Å². The van der Waals surface area contributed by atoms with Gasteiger partial charge in [-0.05, 0) is 55.5 Å². The van der Waals surface area contributed by atoms with Gasteiger partial charge in [-0.15, -0.1) is 0 Å². The van der Waals surface area contributed by atoms with Gasteiger partial charge in [0.15, 0.2) is 28.8 Å². The maximum absolute atomic E-state index is 13.1. The lowest BCUT2D eigenvalue weighted by Gasteiger charge is -2.14. The highest BCUT2D eigenvalue weighted by Crippen LogP contribution is 2.43. The van der Waals surface area contributed by atoms with Gasteiger partial charge in [-0.2, -0.15) is 0 Å². The van der Waals surface area contributed by atoms with E-state index >= 15 is 0 Å². The summed E-state index contributed by atoms with van der Waals surface area (Å²) in [5.74, 6) is 1.91. The third-order valence-corrected chi connectivity index (χ3v) is 5.88. The molecule has 0 aliphatic carbocycles. The normalized spacial score (nSPS) is 13.0. The van der Waals surface area contributed by atoms with Crippen molar-refractivity contribution in [2.45, 2.75) is 6.92 Å². The van der Waals surface area contributed by atoms with E-state index < -0.39 is 5.97 Å². The first-order valence-electron chi connectivity index (χ1n) is 11.2. The molecular weight excluding hydrogens is 480 g/mol. The van der Waals surface area contributed by atoms with Gasteiger partial charge in [0.05, 0.1) is 46.7 Å². The van der Waals surface area contributed by atoms with Crippen molar-refractivity contribution in [3.8, 4) is 40.2 Å². The van der Waals surface area contributed by atoms with Gasteiger partial charge in [0.1, 0.15) is 11.5 Å². The van der Waals surface area contributed by atoms with E-state index in [1.807, 2.05) is 0 Å². The van der Waals surface area contributed by atoms with Crippen LogP contribution in [0.4, 0.5) is 0 Å². The summed E-state index contributed by atoms with van der Waals surface area (Å²) in [4.78, 5) is 25.9. The Kier molecular flexibility index (Phi) is 7.24. The summed E-state index contributed by atoms with van der Waals surface area (Å²) in [6.07, 6.45) is 1.57. The zero-order valence-corrected chi connectivity index (χ0v) is 21.3. The zero-order chi connectivity index (χ0) is 26.7. The molecule has 1 heterocycles. The first-order valence-corrected chi connectivity index (χ1v) is 11.2. The van der Waals surface area contributed by atoms with E-state index in [9.17, 15) is 9.59 Å². The van der Waals surface area contributed by atoms with E-state index in [0.29, 0.717) is 51.2 Å². The highest BCUT2D eigenvalue weighted by Gasteiger charge is 2.31. The highest BCUT2D eigenvalue weighted by atomic mass is 16.5. The predicted molar refractivity (Wildman–Crippen MR) is 135 cm³/mol. The number of rotatable bonds is 8. The largest absolute Gasteiger partial charge is 0.493 e. The van der Waals surface area contributed by atoms with Crippen LogP contribution in [0.1, 0.15) is 31.8 Å². The number of Topliss-reactive ketones (excluding diaryl/α,β-unsaturated/α-hetero) is 1. The van der Waals surface area contributed by atoms with Crippen LogP contribution in [0.15, 0.2) is 48.2 Å². The number of carbonyl (C=O) groups is 2. The smallest absolute Gasteiger partial charge is 0.343 e. The van der Waals surface area contributed by atoms with Crippen molar-refractivity contribution < 1.29 is 42.7 Å². The van der Waals surface area contributed by atoms with Crippen LogP contribution in [0, 0.1) is 6.92 Å². The van der Waals surface area contributed by atoms with Crippen LogP contribution >= 0.6 is 0 Å². The lowest BCUT2D eigenvalue weighted by molar-refractivity contribution is 0.0732. The fourth-order valence-corrected chi connectivity index (χ4v) is 3.98. The monoisotopic (exact) mass is 506 g/mol. The number of esters is 1. The van der Waals surface area contributed by atoms with Crippen molar-refractivity contribution in [2.75, 3.05) is 35.5 Å². The van der Waals surface area contributed by atoms with E-state index in [2.05, 4.69) is 0 Å². The molecule has 0 aromatic heterocycles. The molecule has 3 aromatic rings. The standard InChI is InChI=1S/C28H26O9/c1-15-19(37-28(30)17-8-10-20(31-2)22(14-17)33-4)12-9-18-24(29)23(36-25(15)18)13-16-7-11-21(32-3)27(35-6)26(16)34-5/h7-14H,1-6H3/b23-13-. The zero-order valence-electron chi connectivity index (χ0n) is 21.3. The van der Waals surface area contributed by atoms with E-state index in [1.165, 1.54) is 41.6 Å². The van der Waals surface area contributed by atoms with Gasteiger partial charge in [-0.25, -0.2) is 4.79 Å². The fourth-order valence-electron chi connectivity index (χ4n) is 3.98. The SMILES string of the molecule is COc1ccc(C(=O)Oc2ccc3c(c2C)O/C(=C\c2ccc(OC)c(OC)c2OC)C3=O)cc1OC. The van der Waals surface area contributed by atoms with Crippen LogP contribution in [-0.4, -0.2) is 47.3 Å². The molecule has 0 bridgehead atoms. The van der Waals surface area contributed by atoms with Gasteiger partial charge in [-0.1, -0.05) is 0 Å². The average molecular weight is 507 g/mol. The Morgan fingerprint density at radius 2 is 1.41 bits per heavy atom. The average Bonchev–Trinajstić information content (AvgIpc) is 3.24. The van der Waals surface area contributed by atoms with Gasteiger partial charge < -0.3 is 33.2 Å². The Morgan fingerprint density at radius 3 is 2.05 bits per heavy atom. The minimum Gasteiger partial charge on any atom is -0.493 e. The number of benzene rings is 3. The van der Waals surface area contributed by atoms with E-state index in [-0.39, 0.29) is 22.9 Å². The maximum Gasteiger partial charge on any atom is 0.343 e. The lowest BCUT2D eigenvalue weighted by atomic mass is 10.1. The van der Waals surface area contributed by atoms with Crippen molar-refractivity contribution >= 4 is 17.8 Å². The predicted octanol–water partition coefficient (Wildman–Crippen LogP) is 4.87. The molecule has 0 amide bonds. The molecule has 9 heteroatoms. The molecule has 192 valence electrons. The van der Waals surface area contributed by atoms with Crippen LogP contribution in [0.3, 0.4) is 0 Å². The first-order chi connectivity index (χ1) is 17.9. The van der Waals surface area contributed by atoms with Gasteiger partial charge in [0.2, 0.25) is 11.5 Å². The lowest BCUT2D eigenvalue weighted by Crippen LogP contribution is -2.10. The van der Waals surface area contributed by atoms with Crippen LogP contribution in [0.25, 0.3) is 6.08 Å². The second kappa shape index (κ2) is 10.5. The number of fused-ring (bicyclic) bond motifs is 1. The molecule has 0 saturated carbocycles. The molecule has 0 fully saturated rings. The van der Waals surface area contributed by atoms with Crippen LogP contribution in [0.5, 0.6) is 40.2 Å². The summed E-state index contributed by atoms with van der Waals surface area (Å²) in [5.41, 5.74) is 1.70. The summed E-state index contributed by atoms with van der Waals surface area (Å²) in [7, 11) is 7.50. The van der Waals surface area contributed by atoms with Crippen LogP contribution in [0.2, 0.25) is 0 Å². The number of methoxy groups -OCH3 is 5. The molecule has 0 N–H and O–H groups in total. The van der Waals surface area contributed by atoms with E-state index in [1.54, 1.807) is 49.4 Å². The van der Waals surface area contributed by atoms with Gasteiger partial charge in [0, 0.05) is 11.1 Å². The first kappa shape index (κ1) is 25.4. The van der Waals surface area contributed by atoms with Crippen molar-refractivity contribution in [1.29, 1.82) is 0 Å². The molecular formula is C28H26O9. The van der Waals surface area contributed by atoms with Gasteiger partial charge >= 0.3 is 5.97 Å². The Bertz CT molecular complexity index is 1410. The summed E-state index contributed by atoms with van der Waals surface area (Å²) in [6, 6.07) is 11.3. The highest BCUT2D eigenvalue weighted by molar-refractivity contribution is 6.15. The Balaban J connectivity index is 1.63. The molecule has 0 spiro atoms. The summed E-state index contributed by atoms with van der Waals surface area (Å²) < 4.78 is 38.2. The number of ether oxygens (including phenoxy) is 7. The Labute approximate surface area is 214 Å². The van der Waals surface area contributed by atoms with Crippen molar-refractivity contribution in [3.63, 3.8) is 0 Å². The van der Waals surface area contributed by atoms with Crippen LogP contribution < -0.4 is 33.2 Å². The molecule has 1 aliphatic heterocycles. The molecule has 0 saturated heterocycles. The molecule has 1 aliphatic rings. The van der Waals surface area contributed by atoms with Crippen molar-refractivity contribution in [1.82, 2.24) is 0 Å². The molecule has 0 atom stereocenters. The van der Waals surface area contributed by atoms with Gasteiger partial charge in [0.25, 0.3) is 0 Å². The van der Waals surface area contributed by atoms with Crippen LogP contribution in [-0.2, 0) is 0 Å². The minimum absolute atomic E-state index is 0.0898. The number of carbonyl (C=O) groups excluding carboxylic acids is 2. The molecule has 9 nitrogen and oxygen atoms in total. The Morgan fingerprint density at radius 1 is 0.757 bits per heavy atom. The summed E-state index contributed by atoms with van der Waals surface area (Å²) >= 11 is 0. The van der Waals surface area contributed by atoms with Gasteiger partial charge in [-0.3, -0.25) is 4.79 Å².